The normalized spacial score (nSPS) is 13.9. The Morgan fingerprint density at radius 2 is 2.07 bits per heavy atom. The summed E-state index contributed by atoms with van der Waals surface area (Å²) in [4.78, 5) is 4.04. The summed E-state index contributed by atoms with van der Waals surface area (Å²) in [6, 6.07) is 0. The van der Waals surface area contributed by atoms with E-state index in [1.54, 1.807) is 6.20 Å². The SMILES string of the molecule is C=CC/C(C=NC=C)=C(CC)\C(C)=C/N. The maximum Gasteiger partial charge on any atom is 0.0305 e. The zero-order valence-corrected chi connectivity index (χ0v) is 9.66. The van der Waals surface area contributed by atoms with Gasteiger partial charge in [-0.1, -0.05) is 19.6 Å². The van der Waals surface area contributed by atoms with Gasteiger partial charge in [0.05, 0.1) is 0 Å². The van der Waals surface area contributed by atoms with E-state index in [2.05, 4.69) is 25.1 Å². The number of aliphatic imine (C=N–C) groups is 1. The lowest BCUT2D eigenvalue weighted by Crippen LogP contribution is -1.96. The minimum atomic E-state index is 0.797. The Hall–Kier alpha value is -1.57. The van der Waals surface area contributed by atoms with Crippen molar-refractivity contribution in [3.05, 3.63) is 48.4 Å². The van der Waals surface area contributed by atoms with Gasteiger partial charge < -0.3 is 5.73 Å². The molecule has 0 aromatic heterocycles. The minimum absolute atomic E-state index is 0.797. The van der Waals surface area contributed by atoms with Crippen LogP contribution in [0.15, 0.2) is 53.3 Å². The summed E-state index contributed by atoms with van der Waals surface area (Å²) in [5.74, 6) is 0. The first-order valence-electron chi connectivity index (χ1n) is 5.07. The van der Waals surface area contributed by atoms with Gasteiger partial charge in [0.1, 0.15) is 0 Å². The van der Waals surface area contributed by atoms with Crippen LogP contribution >= 0.6 is 0 Å². The number of rotatable bonds is 6. The van der Waals surface area contributed by atoms with Crippen molar-refractivity contribution in [1.29, 1.82) is 0 Å². The monoisotopic (exact) mass is 204 g/mol. The Morgan fingerprint density at radius 1 is 1.40 bits per heavy atom. The van der Waals surface area contributed by atoms with E-state index in [0.717, 1.165) is 24.0 Å². The second kappa shape index (κ2) is 7.80. The average Bonchev–Trinajstić information content (AvgIpc) is 2.26. The molecule has 2 N–H and O–H groups in total. The molecule has 2 nitrogen and oxygen atoms in total. The maximum atomic E-state index is 5.52. The van der Waals surface area contributed by atoms with Crippen LogP contribution in [0, 0.1) is 0 Å². The van der Waals surface area contributed by atoms with Crippen molar-refractivity contribution in [2.45, 2.75) is 26.7 Å². The summed E-state index contributed by atoms with van der Waals surface area (Å²) < 4.78 is 0. The van der Waals surface area contributed by atoms with Crippen molar-refractivity contribution in [2.24, 2.45) is 10.7 Å². The Balaban J connectivity index is 5.24. The van der Waals surface area contributed by atoms with Crippen LogP contribution < -0.4 is 5.73 Å². The largest absolute Gasteiger partial charge is 0.404 e. The first-order valence-corrected chi connectivity index (χ1v) is 5.07. The van der Waals surface area contributed by atoms with Crippen LogP contribution in [-0.4, -0.2) is 6.21 Å². The number of hydrogen-bond donors (Lipinski definition) is 1. The quantitative estimate of drug-likeness (QED) is 0.402. The first-order chi connectivity index (χ1) is 7.21. The highest BCUT2D eigenvalue weighted by atomic mass is 14.7. The fourth-order valence-electron chi connectivity index (χ4n) is 1.41. The van der Waals surface area contributed by atoms with Crippen LogP contribution in [0.5, 0.6) is 0 Å². The van der Waals surface area contributed by atoms with Crippen LogP contribution in [-0.2, 0) is 0 Å². The lowest BCUT2D eigenvalue weighted by atomic mass is 9.98. The lowest BCUT2D eigenvalue weighted by molar-refractivity contribution is 1.06. The second-order valence-corrected chi connectivity index (χ2v) is 3.16. The van der Waals surface area contributed by atoms with Crippen molar-refractivity contribution >= 4 is 6.21 Å². The van der Waals surface area contributed by atoms with Gasteiger partial charge in [0.25, 0.3) is 0 Å². The molecule has 0 aromatic rings. The summed E-state index contributed by atoms with van der Waals surface area (Å²) in [6.07, 6.45) is 8.57. The molecule has 0 fully saturated rings. The molecule has 0 bridgehead atoms. The first kappa shape index (κ1) is 13.4. The molecular weight excluding hydrogens is 184 g/mol. The summed E-state index contributed by atoms with van der Waals surface area (Å²) >= 11 is 0. The van der Waals surface area contributed by atoms with Gasteiger partial charge in [-0.25, -0.2) is 0 Å². The molecule has 0 aromatic carbocycles. The summed E-state index contributed by atoms with van der Waals surface area (Å²) in [6.45, 7) is 11.4. The molecule has 0 radical (unpaired) electrons. The highest BCUT2D eigenvalue weighted by Gasteiger charge is 2.03. The molecule has 0 aliphatic carbocycles. The van der Waals surface area contributed by atoms with Crippen LogP contribution in [0.4, 0.5) is 0 Å². The third kappa shape index (κ3) is 4.45. The molecule has 0 unspecified atom stereocenters. The van der Waals surface area contributed by atoms with Crippen molar-refractivity contribution in [3.63, 3.8) is 0 Å². The van der Waals surface area contributed by atoms with Crippen molar-refractivity contribution in [1.82, 2.24) is 0 Å². The minimum Gasteiger partial charge on any atom is -0.404 e. The molecule has 0 atom stereocenters. The van der Waals surface area contributed by atoms with Gasteiger partial charge in [-0.2, -0.15) is 0 Å². The Morgan fingerprint density at radius 3 is 2.47 bits per heavy atom. The number of hydrogen-bond acceptors (Lipinski definition) is 2. The maximum absolute atomic E-state index is 5.52. The van der Waals surface area contributed by atoms with E-state index in [-0.39, 0.29) is 0 Å². The Bertz CT molecular complexity index is 306. The van der Waals surface area contributed by atoms with Crippen LogP contribution in [0.1, 0.15) is 26.7 Å². The van der Waals surface area contributed by atoms with E-state index < -0.39 is 0 Å². The molecule has 0 saturated heterocycles. The smallest absolute Gasteiger partial charge is 0.0305 e. The van der Waals surface area contributed by atoms with Crippen molar-refractivity contribution in [3.8, 4) is 0 Å². The van der Waals surface area contributed by atoms with Gasteiger partial charge in [-0.05, 0) is 42.7 Å². The molecule has 0 heterocycles. The molecule has 0 aliphatic heterocycles. The van der Waals surface area contributed by atoms with E-state index in [1.807, 2.05) is 19.2 Å². The third-order valence-corrected chi connectivity index (χ3v) is 2.17. The van der Waals surface area contributed by atoms with Crippen LogP contribution in [0.2, 0.25) is 0 Å². The molecule has 82 valence electrons. The summed E-state index contributed by atoms with van der Waals surface area (Å²) in [7, 11) is 0. The molecule has 0 aliphatic rings. The zero-order chi connectivity index (χ0) is 11.7. The van der Waals surface area contributed by atoms with Gasteiger partial charge in [0, 0.05) is 12.4 Å². The van der Waals surface area contributed by atoms with Gasteiger partial charge in [0.15, 0.2) is 0 Å². The highest BCUT2D eigenvalue weighted by Crippen LogP contribution is 2.19. The van der Waals surface area contributed by atoms with Crippen molar-refractivity contribution < 1.29 is 0 Å². The second-order valence-electron chi connectivity index (χ2n) is 3.16. The molecule has 0 amide bonds. The Labute approximate surface area is 92.6 Å². The van der Waals surface area contributed by atoms with E-state index in [1.165, 1.54) is 11.8 Å². The lowest BCUT2D eigenvalue weighted by Gasteiger charge is -2.09. The molecular formula is C13H20N2. The van der Waals surface area contributed by atoms with Gasteiger partial charge >= 0.3 is 0 Å². The standard InChI is InChI=1S/C13H20N2/c1-5-8-12(10-15-7-3)13(6-2)11(4)9-14/h5,7,9-10H,1,3,6,8,14H2,2,4H3/b11-9-,13-12+,15-10?. The van der Waals surface area contributed by atoms with E-state index in [9.17, 15) is 0 Å². The van der Waals surface area contributed by atoms with E-state index >= 15 is 0 Å². The summed E-state index contributed by atoms with van der Waals surface area (Å²) in [5, 5.41) is 0. The third-order valence-electron chi connectivity index (χ3n) is 2.17. The average molecular weight is 204 g/mol. The summed E-state index contributed by atoms with van der Waals surface area (Å²) in [5.41, 5.74) is 8.98. The van der Waals surface area contributed by atoms with Gasteiger partial charge in [0.2, 0.25) is 0 Å². The Kier molecular flexibility index (Phi) is 6.98. The predicted octanol–water partition coefficient (Wildman–Crippen LogP) is 3.35. The number of nitrogens with two attached hydrogens (primary N) is 1. The van der Waals surface area contributed by atoms with Crippen LogP contribution in [0.3, 0.4) is 0 Å². The topological polar surface area (TPSA) is 38.4 Å². The zero-order valence-electron chi connectivity index (χ0n) is 9.66. The molecule has 0 spiro atoms. The van der Waals surface area contributed by atoms with Gasteiger partial charge in [-0.15, -0.1) is 6.58 Å². The van der Waals surface area contributed by atoms with E-state index in [4.69, 9.17) is 5.73 Å². The fraction of sp³-hybridized carbons (Fsp3) is 0.308. The molecule has 0 rings (SSSR count). The van der Waals surface area contributed by atoms with E-state index in [0.29, 0.717) is 0 Å². The van der Waals surface area contributed by atoms with Crippen molar-refractivity contribution in [2.75, 3.05) is 0 Å². The predicted molar refractivity (Wildman–Crippen MR) is 68.8 cm³/mol. The van der Waals surface area contributed by atoms with Gasteiger partial charge in [-0.3, -0.25) is 4.99 Å². The number of nitrogens with zero attached hydrogens (tertiary/aromatic N) is 1. The van der Waals surface area contributed by atoms with Crippen LogP contribution in [0.25, 0.3) is 0 Å². The number of allylic oxidation sites excluding steroid dienone is 4. The molecule has 2 heteroatoms. The fourth-order valence-corrected chi connectivity index (χ4v) is 1.41. The highest BCUT2D eigenvalue weighted by molar-refractivity contribution is 5.81. The molecule has 15 heavy (non-hydrogen) atoms. The molecule has 0 saturated carbocycles.